The predicted molar refractivity (Wildman–Crippen MR) is 133 cm³/mol. The largest absolute Gasteiger partial charge is 0.491 e. The van der Waals surface area contributed by atoms with E-state index in [0.717, 1.165) is 18.3 Å². The molecule has 1 unspecified atom stereocenters. The number of hydrogen-bond donors (Lipinski definition) is 0. The van der Waals surface area contributed by atoms with E-state index >= 15 is 0 Å². The van der Waals surface area contributed by atoms with Gasteiger partial charge in [-0.3, -0.25) is 0 Å². The summed E-state index contributed by atoms with van der Waals surface area (Å²) in [6, 6.07) is 4.62. The summed E-state index contributed by atoms with van der Waals surface area (Å²) in [6.07, 6.45) is 14.3. The maximum Gasteiger partial charge on any atom is 0.145 e. The van der Waals surface area contributed by atoms with E-state index in [9.17, 15) is 0 Å². The number of benzene rings is 1. The molecule has 1 aromatic carbocycles. The van der Waals surface area contributed by atoms with Gasteiger partial charge in [-0.25, -0.2) is 0 Å². The first-order valence-electron chi connectivity index (χ1n) is 11.8. The van der Waals surface area contributed by atoms with Gasteiger partial charge in [0.2, 0.25) is 0 Å². The SMILES string of the molecule is CCCCCCCCOc1c2ccsc2c(CC(CC)CCCC)c2ccsc12. The van der Waals surface area contributed by atoms with Crippen LogP contribution in [0.3, 0.4) is 0 Å². The molecule has 2 heterocycles. The zero-order valence-electron chi connectivity index (χ0n) is 18.6. The van der Waals surface area contributed by atoms with Crippen LogP contribution in [0.25, 0.3) is 20.2 Å². The first-order chi connectivity index (χ1) is 14.3. The van der Waals surface area contributed by atoms with Crippen molar-refractivity contribution in [3.63, 3.8) is 0 Å². The molecule has 0 aliphatic heterocycles. The van der Waals surface area contributed by atoms with Crippen LogP contribution in [-0.2, 0) is 6.42 Å². The van der Waals surface area contributed by atoms with Crippen LogP contribution < -0.4 is 4.74 Å². The Morgan fingerprint density at radius 3 is 2.24 bits per heavy atom. The van der Waals surface area contributed by atoms with Crippen molar-refractivity contribution in [1.82, 2.24) is 0 Å². The van der Waals surface area contributed by atoms with Crippen LogP contribution in [0.5, 0.6) is 5.75 Å². The summed E-state index contributed by atoms with van der Waals surface area (Å²) in [6.45, 7) is 7.78. The lowest BCUT2D eigenvalue weighted by molar-refractivity contribution is 0.311. The monoisotopic (exact) mass is 430 g/mol. The number of thiophene rings is 2. The Balaban J connectivity index is 1.78. The molecule has 0 fully saturated rings. The van der Waals surface area contributed by atoms with E-state index in [0.29, 0.717) is 0 Å². The van der Waals surface area contributed by atoms with Gasteiger partial charge in [0.25, 0.3) is 0 Å². The Labute approximate surface area is 185 Å². The molecule has 0 saturated heterocycles. The second kappa shape index (κ2) is 12.0. The minimum Gasteiger partial charge on any atom is -0.491 e. The van der Waals surface area contributed by atoms with E-state index in [4.69, 9.17) is 4.74 Å². The van der Waals surface area contributed by atoms with Gasteiger partial charge in [0.05, 0.1) is 11.3 Å². The predicted octanol–water partition coefficient (Wildman–Crippen LogP) is 9.61. The van der Waals surface area contributed by atoms with Crippen LogP contribution in [-0.4, -0.2) is 6.61 Å². The molecule has 0 aliphatic rings. The van der Waals surface area contributed by atoms with Crippen molar-refractivity contribution < 1.29 is 4.74 Å². The highest BCUT2D eigenvalue weighted by Crippen LogP contribution is 2.44. The standard InChI is InChI=1S/C26H38OS2/c1-4-7-9-10-11-12-16-27-24-22-15-18-28-25(22)23(21-14-17-29-26(21)24)19-20(6-3)13-8-5-2/h14-15,17-18,20H,4-13,16,19H2,1-3H3. The molecular formula is C26H38OS2. The lowest BCUT2D eigenvalue weighted by atomic mass is 9.90. The van der Waals surface area contributed by atoms with E-state index < -0.39 is 0 Å². The summed E-state index contributed by atoms with van der Waals surface area (Å²) in [5.41, 5.74) is 1.57. The Morgan fingerprint density at radius 1 is 0.793 bits per heavy atom. The minimum atomic E-state index is 0.790. The molecule has 0 spiro atoms. The molecule has 0 radical (unpaired) electrons. The third kappa shape index (κ3) is 5.76. The van der Waals surface area contributed by atoms with Crippen molar-refractivity contribution in [2.24, 2.45) is 5.92 Å². The van der Waals surface area contributed by atoms with E-state index in [1.807, 2.05) is 22.7 Å². The minimum absolute atomic E-state index is 0.790. The van der Waals surface area contributed by atoms with E-state index in [1.165, 1.54) is 90.8 Å². The van der Waals surface area contributed by atoms with Crippen LogP contribution in [0.2, 0.25) is 0 Å². The third-order valence-electron chi connectivity index (χ3n) is 6.16. The average molecular weight is 431 g/mol. The molecule has 0 saturated carbocycles. The first-order valence-corrected chi connectivity index (χ1v) is 13.6. The number of fused-ring (bicyclic) bond motifs is 2. The molecule has 0 bridgehead atoms. The Kier molecular flexibility index (Phi) is 9.33. The molecule has 3 aromatic rings. The molecule has 0 amide bonds. The van der Waals surface area contributed by atoms with Crippen LogP contribution in [0.4, 0.5) is 0 Å². The van der Waals surface area contributed by atoms with Crippen molar-refractivity contribution >= 4 is 42.8 Å². The summed E-state index contributed by atoms with van der Waals surface area (Å²) in [4.78, 5) is 0. The Hall–Kier alpha value is -1.06. The maximum absolute atomic E-state index is 6.42. The van der Waals surface area contributed by atoms with Gasteiger partial charge in [-0.2, -0.15) is 0 Å². The second-order valence-corrected chi connectivity index (χ2v) is 10.2. The van der Waals surface area contributed by atoms with Gasteiger partial charge in [0.15, 0.2) is 0 Å². The molecule has 160 valence electrons. The van der Waals surface area contributed by atoms with Crippen molar-refractivity contribution in [3.05, 3.63) is 28.5 Å². The second-order valence-electron chi connectivity index (χ2n) is 8.37. The van der Waals surface area contributed by atoms with Crippen LogP contribution in [0.15, 0.2) is 22.9 Å². The van der Waals surface area contributed by atoms with Crippen LogP contribution in [0.1, 0.15) is 90.5 Å². The molecule has 1 atom stereocenters. The van der Waals surface area contributed by atoms with Gasteiger partial charge >= 0.3 is 0 Å². The summed E-state index contributed by atoms with van der Waals surface area (Å²) < 4.78 is 9.25. The summed E-state index contributed by atoms with van der Waals surface area (Å²) in [5.74, 6) is 1.93. The van der Waals surface area contributed by atoms with E-state index in [2.05, 4.69) is 43.7 Å². The molecule has 3 heteroatoms. The third-order valence-corrected chi connectivity index (χ3v) is 8.05. The van der Waals surface area contributed by atoms with E-state index in [1.54, 1.807) is 5.56 Å². The number of unbranched alkanes of at least 4 members (excludes halogenated alkanes) is 6. The van der Waals surface area contributed by atoms with Crippen molar-refractivity contribution in [2.45, 2.75) is 91.4 Å². The van der Waals surface area contributed by atoms with Gasteiger partial charge < -0.3 is 4.74 Å². The normalized spacial score (nSPS) is 12.8. The fraction of sp³-hybridized carbons (Fsp3) is 0.615. The summed E-state index contributed by atoms with van der Waals surface area (Å²) >= 11 is 3.75. The maximum atomic E-state index is 6.42. The lowest BCUT2D eigenvalue weighted by Gasteiger charge is -2.18. The molecule has 3 rings (SSSR count). The Bertz CT molecular complexity index is 808. The zero-order chi connectivity index (χ0) is 20.5. The molecule has 1 nitrogen and oxygen atoms in total. The van der Waals surface area contributed by atoms with Gasteiger partial charge in [0.1, 0.15) is 5.75 Å². The highest BCUT2D eigenvalue weighted by Gasteiger charge is 2.19. The van der Waals surface area contributed by atoms with Gasteiger partial charge in [-0.1, -0.05) is 78.6 Å². The number of ether oxygens (including phenoxy) is 1. The number of hydrogen-bond acceptors (Lipinski definition) is 3. The van der Waals surface area contributed by atoms with E-state index in [-0.39, 0.29) is 0 Å². The average Bonchev–Trinajstić information content (AvgIpc) is 3.41. The van der Waals surface area contributed by atoms with Crippen molar-refractivity contribution in [3.8, 4) is 5.75 Å². The smallest absolute Gasteiger partial charge is 0.145 e. The molecule has 0 aliphatic carbocycles. The zero-order valence-corrected chi connectivity index (χ0v) is 20.2. The van der Waals surface area contributed by atoms with Crippen molar-refractivity contribution in [2.75, 3.05) is 6.61 Å². The molecule has 29 heavy (non-hydrogen) atoms. The van der Waals surface area contributed by atoms with Gasteiger partial charge in [-0.15, -0.1) is 22.7 Å². The van der Waals surface area contributed by atoms with Gasteiger partial charge in [-0.05, 0) is 47.2 Å². The molecule has 0 N–H and O–H groups in total. The topological polar surface area (TPSA) is 9.23 Å². The Morgan fingerprint density at radius 2 is 1.48 bits per heavy atom. The van der Waals surface area contributed by atoms with Crippen LogP contribution in [0, 0.1) is 5.92 Å². The lowest BCUT2D eigenvalue weighted by Crippen LogP contribution is -2.05. The fourth-order valence-corrected chi connectivity index (χ4v) is 6.22. The summed E-state index contributed by atoms with van der Waals surface area (Å²) in [5, 5.41) is 7.29. The quantitative estimate of drug-likeness (QED) is 0.231. The fourth-order valence-electron chi connectivity index (χ4n) is 4.32. The highest BCUT2D eigenvalue weighted by atomic mass is 32.1. The summed E-state index contributed by atoms with van der Waals surface area (Å²) in [7, 11) is 0. The van der Waals surface area contributed by atoms with Crippen LogP contribution >= 0.6 is 22.7 Å². The molecule has 2 aromatic heterocycles. The van der Waals surface area contributed by atoms with Gasteiger partial charge in [0, 0.05) is 15.5 Å². The number of rotatable bonds is 14. The van der Waals surface area contributed by atoms with Crippen molar-refractivity contribution in [1.29, 1.82) is 0 Å². The highest BCUT2D eigenvalue weighted by molar-refractivity contribution is 7.19. The molecular weight excluding hydrogens is 392 g/mol. The first kappa shape index (κ1) is 22.6.